The van der Waals surface area contributed by atoms with E-state index in [1.807, 2.05) is 11.9 Å². The largest absolute Gasteiger partial charge is 0.469 e. The number of hydrogen-bond acceptors (Lipinski definition) is 6. The highest BCUT2D eigenvalue weighted by molar-refractivity contribution is 5.96. The number of rotatable bonds is 4. The van der Waals surface area contributed by atoms with Crippen LogP contribution in [0.25, 0.3) is 0 Å². The number of amides is 1. The molecule has 0 atom stereocenters. The fourth-order valence-electron chi connectivity index (χ4n) is 1.76. The van der Waals surface area contributed by atoms with Crippen molar-refractivity contribution >= 4 is 17.8 Å². The van der Waals surface area contributed by atoms with Crippen LogP contribution >= 0.6 is 0 Å². The van der Waals surface area contributed by atoms with E-state index in [4.69, 9.17) is 0 Å². The maximum Gasteiger partial charge on any atom is 0.336 e. The van der Waals surface area contributed by atoms with E-state index in [0.717, 1.165) is 0 Å². The van der Waals surface area contributed by atoms with Gasteiger partial charge in [-0.05, 0) is 7.05 Å². The van der Waals surface area contributed by atoms with Gasteiger partial charge in [0.25, 0.3) is 0 Å². The Kier molecular flexibility index (Phi) is 5.50. The number of esters is 2. The van der Waals surface area contributed by atoms with E-state index in [0.29, 0.717) is 30.8 Å². The van der Waals surface area contributed by atoms with Crippen LogP contribution in [0.1, 0.15) is 12.8 Å². The van der Waals surface area contributed by atoms with Gasteiger partial charge in [0.05, 0.1) is 19.8 Å². The summed E-state index contributed by atoms with van der Waals surface area (Å²) in [4.78, 5) is 36.2. The number of methoxy groups -OCH3 is 2. The fourth-order valence-corrected chi connectivity index (χ4v) is 1.76. The average molecular weight is 270 g/mol. The van der Waals surface area contributed by atoms with Crippen LogP contribution in [0, 0.1) is 0 Å². The molecule has 0 fully saturated rings. The molecule has 0 aromatic heterocycles. The minimum atomic E-state index is -0.620. The van der Waals surface area contributed by atoms with Crippen LogP contribution < -0.4 is 5.32 Å². The molecule has 0 radical (unpaired) electrons. The van der Waals surface area contributed by atoms with Crippen LogP contribution in [0.3, 0.4) is 0 Å². The van der Waals surface area contributed by atoms with Crippen LogP contribution in [-0.4, -0.2) is 57.1 Å². The quantitative estimate of drug-likeness (QED) is 0.544. The summed E-state index contributed by atoms with van der Waals surface area (Å²) >= 11 is 0. The number of carbonyl (C=O) groups is 3. The van der Waals surface area contributed by atoms with E-state index in [-0.39, 0.29) is 6.42 Å². The maximum absolute atomic E-state index is 11.6. The lowest BCUT2D eigenvalue weighted by Gasteiger charge is -2.26. The van der Waals surface area contributed by atoms with Crippen LogP contribution in [0.4, 0.5) is 0 Å². The first-order valence-electron chi connectivity index (χ1n) is 5.83. The van der Waals surface area contributed by atoms with E-state index >= 15 is 0 Å². The third-order valence-corrected chi connectivity index (χ3v) is 2.79. The molecule has 0 aromatic carbocycles. The highest BCUT2D eigenvalue weighted by atomic mass is 16.5. The summed E-state index contributed by atoms with van der Waals surface area (Å²) in [7, 11) is 4.37. The lowest BCUT2D eigenvalue weighted by Crippen LogP contribution is -2.37. The van der Waals surface area contributed by atoms with Gasteiger partial charge in [-0.15, -0.1) is 0 Å². The molecule has 1 aliphatic rings. The first kappa shape index (κ1) is 15.2. The molecule has 7 heteroatoms. The highest BCUT2D eigenvalue weighted by Gasteiger charge is 2.24. The van der Waals surface area contributed by atoms with Crippen LogP contribution in [0.2, 0.25) is 0 Å². The van der Waals surface area contributed by atoms with Gasteiger partial charge in [0.15, 0.2) is 0 Å². The summed E-state index contributed by atoms with van der Waals surface area (Å²) in [5.74, 6) is -1.58. The molecule has 0 unspecified atom stereocenters. The first-order valence-corrected chi connectivity index (χ1v) is 5.83. The Hall–Kier alpha value is -1.89. The van der Waals surface area contributed by atoms with Gasteiger partial charge in [0.2, 0.25) is 5.91 Å². The Bertz CT molecular complexity index is 416. The lowest BCUT2D eigenvalue weighted by atomic mass is 10.1. The smallest absolute Gasteiger partial charge is 0.336 e. The zero-order chi connectivity index (χ0) is 14.4. The normalized spacial score (nSPS) is 15.9. The monoisotopic (exact) mass is 270 g/mol. The van der Waals surface area contributed by atoms with Gasteiger partial charge in [-0.2, -0.15) is 0 Å². The van der Waals surface area contributed by atoms with Gasteiger partial charge in [0, 0.05) is 25.2 Å². The van der Waals surface area contributed by atoms with Gasteiger partial charge >= 0.3 is 11.9 Å². The van der Waals surface area contributed by atoms with Crippen molar-refractivity contribution in [3.05, 3.63) is 11.3 Å². The second kappa shape index (κ2) is 6.89. The van der Waals surface area contributed by atoms with E-state index < -0.39 is 17.8 Å². The molecule has 0 saturated carbocycles. The van der Waals surface area contributed by atoms with E-state index in [2.05, 4.69) is 14.8 Å². The van der Waals surface area contributed by atoms with Gasteiger partial charge in [-0.1, -0.05) is 0 Å². The minimum absolute atomic E-state index is 0.371. The number of carbonyl (C=O) groups excluding carboxylic acids is 3. The second-order valence-corrected chi connectivity index (χ2v) is 4.24. The Morgan fingerprint density at radius 1 is 1.26 bits per heavy atom. The zero-order valence-corrected chi connectivity index (χ0v) is 11.3. The van der Waals surface area contributed by atoms with Crippen LogP contribution in [-0.2, 0) is 23.9 Å². The van der Waals surface area contributed by atoms with Crippen molar-refractivity contribution in [2.45, 2.75) is 12.8 Å². The SMILES string of the molecule is COC(=O)CC(=O)NC1=C(C(=O)OC)CN(C)CC1. The van der Waals surface area contributed by atoms with Crippen molar-refractivity contribution < 1.29 is 23.9 Å². The van der Waals surface area contributed by atoms with Crippen molar-refractivity contribution in [2.75, 3.05) is 34.4 Å². The molecule has 1 amide bonds. The Morgan fingerprint density at radius 3 is 2.53 bits per heavy atom. The summed E-state index contributed by atoms with van der Waals surface area (Å²) in [6, 6.07) is 0. The Labute approximate surface area is 111 Å². The summed E-state index contributed by atoms with van der Waals surface area (Å²) in [6.07, 6.45) is 0.151. The minimum Gasteiger partial charge on any atom is -0.469 e. The van der Waals surface area contributed by atoms with Crippen molar-refractivity contribution in [3.63, 3.8) is 0 Å². The third-order valence-electron chi connectivity index (χ3n) is 2.79. The summed E-state index contributed by atoms with van der Waals surface area (Å²) in [5, 5.41) is 2.58. The fraction of sp³-hybridized carbons (Fsp3) is 0.583. The van der Waals surface area contributed by atoms with Crippen LogP contribution in [0.15, 0.2) is 11.3 Å². The molecule has 0 spiro atoms. The predicted octanol–water partition coefficient (Wildman–Crippen LogP) is -0.572. The van der Waals surface area contributed by atoms with Gasteiger partial charge in [-0.25, -0.2) is 4.79 Å². The number of hydrogen-bond donors (Lipinski definition) is 1. The lowest BCUT2D eigenvalue weighted by molar-refractivity contribution is -0.143. The van der Waals surface area contributed by atoms with Gasteiger partial charge < -0.3 is 19.7 Å². The molecule has 0 aromatic rings. The van der Waals surface area contributed by atoms with Crippen LogP contribution in [0.5, 0.6) is 0 Å². The molecule has 106 valence electrons. The number of nitrogens with one attached hydrogen (secondary N) is 1. The molecular weight excluding hydrogens is 252 g/mol. The zero-order valence-electron chi connectivity index (χ0n) is 11.3. The van der Waals surface area contributed by atoms with Gasteiger partial charge in [-0.3, -0.25) is 9.59 Å². The van der Waals surface area contributed by atoms with Crippen molar-refractivity contribution in [1.29, 1.82) is 0 Å². The van der Waals surface area contributed by atoms with E-state index in [9.17, 15) is 14.4 Å². The topological polar surface area (TPSA) is 84.9 Å². The molecule has 1 aliphatic heterocycles. The predicted molar refractivity (Wildman–Crippen MR) is 65.9 cm³/mol. The van der Waals surface area contributed by atoms with Gasteiger partial charge in [0.1, 0.15) is 6.42 Å². The molecule has 0 saturated heterocycles. The molecule has 19 heavy (non-hydrogen) atoms. The first-order chi connectivity index (χ1) is 8.97. The van der Waals surface area contributed by atoms with Crippen molar-refractivity contribution in [3.8, 4) is 0 Å². The Balaban J connectivity index is 2.78. The molecular formula is C12H18N2O5. The molecule has 1 rings (SSSR count). The molecule has 0 bridgehead atoms. The molecule has 1 N–H and O–H groups in total. The summed E-state index contributed by atoms with van der Waals surface area (Å²) in [6.45, 7) is 1.12. The number of likely N-dealkylation sites (N-methyl/N-ethyl adjacent to an activating group) is 1. The van der Waals surface area contributed by atoms with Crippen molar-refractivity contribution in [1.82, 2.24) is 10.2 Å². The average Bonchev–Trinajstić information content (AvgIpc) is 2.39. The highest BCUT2D eigenvalue weighted by Crippen LogP contribution is 2.16. The summed E-state index contributed by atoms with van der Waals surface area (Å²) < 4.78 is 9.09. The maximum atomic E-state index is 11.6. The van der Waals surface area contributed by atoms with E-state index in [1.165, 1.54) is 14.2 Å². The second-order valence-electron chi connectivity index (χ2n) is 4.24. The van der Waals surface area contributed by atoms with E-state index in [1.54, 1.807) is 0 Å². The number of ether oxygens (including phenoxy) is 2. The Morgan fingerprint density at radius 2 is 1.95 bits per heavy atom. The third kappa shape index (κ3) is 4.36. The number of nitrogens with zero attached hydrogens (tertiary/aromatic N) is 1. The van der Waals surface area contributed by atoms with Crippen molar-refractivity contribution in [2.24, 2.45) is 0 Å². The molecule has 0 aliphatic carbocycles. The summed E-state index contributed by atoms with van der Waals surface area (Å²) in [5.41, 5.74) is 0.924. The molecule has 7 nitrogen and oxygen atoms in total. The standard InChI is InChI=1S/C12H18N2O5/c1-14-5-4-9(8(7-14)12(17)19-3)13-10(15)6-11(16)18-2/h4-7H2,1-3H3,(H,13,15). The molecule has 1 heterocycles.